The van der Waals surface area contributed by atoms with Crippen LogP contribution in [0.25, 0.3) is 10.9 Å². The molecule has 1 aromatic heterocycles. The summed E-state index contributed by atoms with van der Waals surface area (Å²) < 4.78 is 1.88. The molecule has 0 bridgehead atoms. The number of hydrogen-bond acceptors (Lipinski definition) is 2. The van der Waals surface area contributed by atoms with Crippen molar-refractivity contribution in [2.24, 2.45) is 7.05 Å². The van der Waals surface area contributed by atoms with Gasteiger partial charge in [0.05, 0.1) is 5.52 Å². The number of aryl methyl sites for hydroxylation is 1. The molecule has 3 nitrogen and oxygen atoms in total. The Kier molecular flexibility index (Phi) is 1.50. The molecule has 0 aliphatic rings. The molecule has 0 amide bonds. The predicted octanol–water partition coefficient (Wildman–Crippen LogP) is 1.61. The van der Waals surface area contributed by atoms with Crippen LogP contribution in [-0.4, -0.2) is 16.8 Å². The zero-order chi connectivity index (χ0) is 8.55. The first-order valence-corrected chi connectivity index (χ1v) is 3.92. The van der Waals surface area contributed by atoms with E-state index in [4.69, 9.17) is 0 Å². The monoisotopic (exact) mass is 161 g/mol. The zero-order valence-electron chi connectivity index (χ0n) is 7.20. The smallest absolute Gasteiger partial charge is 0.155 e. The van der Waals surface area contributed by atoms with Gasteiger partial charge in [-0.05, 0) is 12.1 Å². The van der Waals surface area contributed by atoms with E-state index in [1.165, 1.54) is 5.39 Å². The van der Waals surface area contributed by atoms with Crippen LogP contribution in [0.2, 0.25) is 0 Å². The number of fused-ring (bicyclic) bond motifs is 1. The molecule has 0 fully saturated rings. The third-order valence-electron chi connectivity index (χ3n) is 1.99. The lowest BCUT2D eigenvalue weighted by Gasteiger charge is -1.91. The lowest BCUT2D eigenvalue weighted by atomic mass is 10.2. The van der Waals surface area contributed by atoms with Gasteiger partial charge in [0.15, 0.2) is 5.82 Å². The number of hydrogen-bond donors (Lipinski definition) is 1. The van der Waals surface area contributed by atoms with E-state index in [2.05, 4.69) is 22.5 Å². The second kappa shape index (κ2) is 2.52. The third kappa shape index (κ3) is 0.863. The van der Waals surface area contributed by atoms with Crippen molar-refractivity contribution in [1.82, 2.24) is 9.78 Å². The second-order valence-electron chi connectivity index (χ2n) is 2.74. The van der Waals surface area contributed by atoms with E-state index in [9.17, 15) is 0 Å². The molecule has 0 aliphatic carbocycles. The molecule has 12 heavy (non-hydrogen) atoms. The van der Waals surface area contributed by atoms with E-state index in [1.807, 2.05) is 30.9 Å². The summed E-state index contributed by atoms with van der Waals surface area (Å²) in [7, 11) is 3.83. The van der Waals surface area contributed by atoms with Crippen molar-refractivity contribution in [3.8, 4) is 0 Å². The number of nitrogens with one attached hydrogen (secondary N) is 1. The Bertz CT molecular complexity index is 403. The highest BCUT2D eigenvalue weighted by molar-refractivity contribution is 5.89. The lowest BCUT2D eigenvalue weighted by molar-refractivity contribution is 0.800. The van der Waals surface area contributed by atoms with Crippen molar-refractivity contribution >= 4 is 16.7 Å². The summed E-state index contributed by atoms with van der Waals surface area (Å²) in [5.41, 5.74) is 1.15. The number of anilines is 1. The van der Waals surface area contributed by atoms with Gasteiger partial charge >= 0.3 is 0 Å². The molecule has 2 rings (SSSR count). The highest BCUT2D eigenvalue weighted by Gasteiger charge is 2.03. The number of rotatable bonds is 1. The summed E-state index contributed by atoms with van der Waals surface area (Å²) >= 11 is 0. The normalized spacial score (nSPS) is 10.5. The Morgan fingerprint density at radius 2 is 2.08 bits per heavy atom. The van der Waals surface area contributed by atoms with Crippen LogP contribution in [0.4, 0.5) is 5.82 Å². The summed E-state index contributed by atoms with van der Waals surface area (Å²) in [5.74, 6) is 0.938. The summed E-state index contributed by atoms with van der Waals surface area (Å²) in [6.07, 6.45) is 0. The first-order valence-electron chi connectivity index (χ1n) is 3.92. The predicted molar refractivity (Wildman–Crippen MR) is 50.3 cm³/mol. The molecule has 0 radical (unpaired) electrons. The van der Waals surface area contributed by atoms with E-state index in [-0.39, 0.29) is 0 Å². The molecule has 0 unspecified atom stereocenters. The van der Waals surface area contributed by atoms with E-state index < -0.39 is 0 Å². The zero-order valence-corrected chi connectivity index (χ0v) is 7.20. The Labute approximate surface area is 71.0 Å². The Morgan fingerprint density at radius 3 is 2.83 bits per heavy atom. The fourth-order valence-corrected chi connectivity index (χ4v) is 1.40. The average Bonchev–Trinajstić information content (AvgIpc) is 2.44. The fourth-order valence-electron chi connectivity index (χ4n) is 1.40. The highest BCUT2D eigenvalue weighted by Crippen LogP contribution is 2.20. The molecule has 0 atom stereocenters. The molecule has 2 aromatic rings. The summed E-state index contributed by atoms with van der Waals surface area (Å²) in [5, 5.41) is 8.54. The van der Waals surface area contributed by atoms with Crippen LogP contribution in [0, 0.1) is 0 Å². The van der Waals surface area contributed by atoms with Crippen LogP contribution >= 0.6 is 0 Å². The SMILES string of the molecule is CNc1nn(C)c2ccccc12. The Hall–Kier alpha value is -1.51. The number of para-hydroxylation sites is 1. The van der Waals surface area contributed by atoms with Gasteiger partial charge in [-0.15, -0.1) is 0 Å². The Morgan fingerprint density at radius 1 is 1.33 bits per heavy atom. The molecule has 1 aromatic carbocycles. The summed E-state index contributed by atoms with van der Waals surface area (Å²) in [6, 6.07) is 8.16. The van der Waals surface area contributed by atoms with Crippen LogP contribution in [0.15, 0.2) is 24.3 Å². The molecular weight excluding hydrogens is 150 g/mol. The Balaban J connectivity index is 2.82. The van der Waals surface area contributed by atoms with Crippen LogP contribution < -0.4 is 5.32 Å². The minimum atomic E-state index is 0.938. The molecule has 3 heteroatoms. The summed E-state index contributed by atoms with van der Waals surface area (Å²) in [4.78, 5) is 0. The van der Waals surface area contributed by atoms with Crippen molar-refractivity contribution < 1.29 is 0 Å². The van der Waals surface area contributed by atoms with Gasteiger partial charge in [-0.25, -0.2) is 0 Å². The molecule has 62 valence electrons. The van der Waals surface area contributed by atoms with Crippen LogP contribution in [0.1, 0.15) is 0 Å². The van der Waals surface area contributed by atoms with Crippen LogP contribution in [0.5, 0.6) is 0 Å². The molecular formula is C9H11N3. The van der Waals surface area contributed by atoms with Gasteiger partial charge in [-0.3, -0.25) is 4.68 Å². The van der Waals surface area contributed by atoms with E-state index >= 15 is 0 Å². The van der Waals surface area contributed by atoms with E-state index in [0.717, 1.165) is 11.3 Å². The van der Waals surface area contributed by atoms with Crippen LogP contribution in [0.3, 0.4) is 0 Å². The van der Waals surface area contributed by atoms with Crippen molar-refractivity contribution in [3.63, 3.8) is 0 Å². The molecule has 1 heterocycles. The number of aromatic nitrogens is 2. The van der Waals surface area contributed by atoms with Gasteiger partial charge in [0.1, 0.15) is 0 Å². The third-order valence-corrected chi connectivity index (χ3v) is 1.99. The van der Waals surface area contributed by atoms with E-state index in [0.29, 0.717) is 0 Å². The molecule has 0 aliphatic heterocycles. The maximum atomic E-state index is 4.31. The minimum absolute atomic E-state index is 0.938. The van der Waals surface area contributed by atoms with Gasteiger partial charge in [0, 0.05) is 19.5 Å². The summed E-state index contributed by atoms with van der Waals surface area (Å²) in [6.45, 7) is 0. The average molecular weight is 161 g/mol. The minimum Gasteiger partial charge on any atom is -0.371 e. The van der Waals surface area contributed by atoms with Gasteiger partial charge in [-0.1, -0.05) is 12.1 Å². The number of benzene rings is 1. The topological polar surface area (TPSA) is 29.9 Å². The van der Waals surface area contributed by atoms with Gasteiger partial charge < -0.3 is 5.32 Å². The molecule has 1 N–H and O–H groups in total. The quantitative estimate of drug-likeness (QED) is 0.688. The molecule has 0 saturated heterocycles. The standard InChI is InChI=1S/C9H11N3/c1-10-9-7-5-3-4-6-8(7)12(2)11-9/h3-6H,1-2H3,(H,10,11). The lowest BCUT2D eigenvalue weighted by Crippen LogP contribution is -1.92. The van der Waals surface area contributed by atoms with Gasteiger partial charge in [0.25, 0.3) is 0 Å². The maximum absolute atomic E-state index is 4.31. The number of nitrogens with zero attached hydrogens (tertiary/aromatic N) is 2. The van der Waals surface area contributed by atoms with Crippen LogP contribution in [-0.2, 0) is 7.05 Å². The van der Waals surface area contributed by atoms with Gasteiger partial charge in [-0.2, -0.15) is 5.10 Å². The van der Waals surface area contributed by atoms with Crippen molar-refractivity contribution in [2.45, 2.75) is 0 Å². The van der Waals surface area contributed by atoms with Crippen molar-refractivity contribution in [3.05, 3.63) is 24.3 Å². The van der Waals surface area contributed by atoms with Crippen molar-refractivity contribution in [1.29, 1.82) is 0 Å². The first kappa shape index (κ1) is 7.16. The largest absolute Gasteiger partial charge is 0.371 e. The molecule has 0 spiro atoms. The highest BCUT2D eigenvalue weighted by atomic mass is 15.3. The van der Waals surface area contributed by atoms with E-state index in [1.54, 1.807) is 0 Å². The molecule has 0 saturated carbocycles. The fraction of sp³-hybridized carbons (Fsp3) is 0.222. The second-order valence-corrected chi connectivity index (χ2v) is 2.74. The first-order chi connectivity index (χ1) is 5.83. The van der Waals surface area contributed by atoms with Crippen molar-refractivity contribution in [2.75, 3.05) is 12.4 Å². The maximum Gasteiger partial charge on any atom is 0.155 e. The van der Waals surface area contributed by atoms with Gasteiger partial charge in [0.2, 0.25) is 0 Å².